The first-order valence-corrected chi connectivity index (χ1v) is 7.28. The number of anilines is 2. The summed E-state index contributed by atoms with van der Waals surface area (Å²) in [5, 5.41) is 7.10. The van der Waals surface area contributed by atoms with Gasteiger partial charge >= 0.3 is 0 Å². The molecule has 1 fully saturated rings. The van der Waals surface area contributed by atoms with Gasteiger partial charge in [-0.25, -0.2) is 4.98 Å². The van der Waals surface area contributed by atoms with Crippen LogP contribution in [0.15, 0.2) is 16.7 Å². The molecule has 0 aromatic carbocycles. The molecule has 3 nitrogen and oxygen atoms in total. The largest absolute Gasteiger partial charge is 0.380 e. The monoisotopic (exact) mass is 295 g/mol. The molecule has 4 heteroatoms. The van der Waals surface area contributed by atoms with E-state index in [1.807, 2.05) is 6.20 Å². The Balaban J connectivity index is 1.73. The quantitative estimate of drug-likeness (QED) is 0.831. The Bertz CT molecular complexity index is 402. The van der Waals surface area contributed by atoms with Crippen molar-refractivity contribution in [2.45, 2.75) is 38.1 Å². The summed E-state index contributed by atoms with van der Waals surface area (Å²) in [4.78, 5) is 4.44. The Hall–Kier alpha value is -0.770. The fraction of sp³-hybridized carbons (Fsp3) is 0.615. The summed E-state index contributed by atoms with van der Waals surface area (Å²) < 4.78 is 1.03. The maximum atomic E-state index is 4.44. The summed E-state index contributed by atoms with van der Waals surface area (Å²) in [7, 11) is 0. The zero-order chi connectivity index (χ0) is 11.7. The fourth-order valence-corrected chi connectivity index (χ4v) is 3.29. The second kappa shape index (κ2) is 4.84. The van der Waals surface area contributed by atoms with E-state index < -0.39 is 0 Å². The number of halogens is 1. The second-order valence-electron chi connectivity index (χ2n) is 5.08. The van der Waals surface area contributed by atoms with E-state index in [0.29, 0.717) is 6.04 Å². The molecule has 2 aliphatic rings. The Morgan fingerprint density at radius 1 is 1.24 bits per heavy atom. The number of rotatable bonds is 1. The minimum atomic E-state index is 0.552. The van der Waals surface area contributed by atoms with Crippen LogP contribution in [0.25, 0.3) is 0 Å². The number of aromatic nitrogens is 1. The van der Waals surface area contributed by atoms with E-state index in [2.05, 4.69) is 37.6 Å². The van der Waals surface area contributed by atoms with Gasteiger partial charge in [-0.15, -0.1) is 0 Å². The molecule has 1 aromatic heterocycles. The van der Waals surface area contributed by atoms with Gasteiger partial charge in [-0.05, 0) is 40.8 Å². The lowest BCUT2D eigenvalue weighted by molar-refractivity contribution is 0.321. The first-order chi connectivity index (χ1) is 8.33. The lowest BCUT2D eigenvalue weighted by atomic mass is 9.83. The van der Waals surface area contributed by atoms with Crippen LogP contribution in [0.1, 0.15) is 32.1 Å². The molecular formula is C13H18BrN3. The highest BCUT2D eigenvalue weighted by molar-refractivity contribution is 9.10. The van der Waals surface area contributed by atoms with Crippen LogP contribution in [0, 0.1) is 5.92 Å². The van der Waals surface area contributed by atoms with Crippen molar-refractivity contribution < 1.29 is 0 Å². The van der Waals surface area contributed by atoms with E-state index in [0.717, 1.165) is 28.4 Å². The van der Waals surface area contributed by atoms with E-state index in [1.54, 1.807) is 0 Å². The average Bonchev–Trinajstić information content (AvgIpc) is 2.39. The van der Waals surface area contributed by atoms with Crippen LogP contribution < -0.4 is 10.6 Å². The van der Waals surface area contributed by atoms with Crippen LogP contribution in [0.4, 0.5) is 11.5 Å². The van der Waals surface area contributed by atoms with Gasteiger partial charge in [0.2, 0.25) is 0 Å². The highest BCUT2D eigenvalue weighted by Gasteiger charge is 2.27. The lowest BCUT2D eigenvalue weighted by Crippen LogP contribution is -2.40. The summed E-state index contributed by atoms with van der Waals surface area (Å²) in [5.74, 6) is 1.82. The van der Waals surface area contributed by atoms with Crippen molar-refractivity contribution in [2.75, 3.05) is 17.2 Å². The molecule has 1 aliphatic carbocycles. The first kappa shape index (κ1) is 11.3. The van der Waals surface area contributed by atoms with Gasteiger partial charge in [0.1, 0.15) is 5.82 Å². The summed E-state index contributed by atoms with van der Waals surface area (Å²) in [6.07, 6.45) is 8.79. The summed E-state index contributed by atoms with van der Waals surface area (Å²) in [6.45, 7) is 1.02. The Kier molecular flexibility index (Phi) is 3.23. The third kappa shape index (κ3) is 2.41. The molecule has 2 N–H and O–H groups in total. The highest BCUT2D eigenvalue weighted by atomic mass is 79.9. The molecule has 1 atom stereocenters. The van der Waals surface area contributed by atoms with Crippen LogP contribution in [0.2, 0.25) is 0 Å². The lowest BCUT2D eigenvalue weighted by Gasteiger charge is -2.35. The van der Waals surface area contributed by atoms with E-state index in [4.69, 9.17) is 0 Å². The highest BCUT2D eigenvalue weighted by Crippen LogP contribution is 2.33. The Morgan fingerprint density at radius 2 is 2.06 bits per heavy atom. The van der Waals surface area contributed by atoms with Gasteiger partial charge in [0.15, 0.2) is 0 Å². The minimum absolute atomic E-state index is 0.552. The predicted molar refractivity (Wildman–Crippen MR) is 74.4 cm³/mol. The molecule has 0 amide bonds. The molecule has 17 heavy (non-hydrogen) atoms. The number of fused-ring (bicyclic) bond motifs is 1. The first-order valence-electron chi connectivity index (χ1n) is 6.49. The van der Waals surface area contributed by atoms with Gasteiger partial charge in [-0.1, -0.05) is 19.3 Å². The van der Waals surface area contributed by atoms with E-state index in [-0.39, 0.29) is 0 Å². The van der Waals surface area contributed by atoms with E-state index >= 15 is 0 Å². The molecule has 0 radical (unpaired) electrons. The molecule has 0 spiro atoms. The van der Waals surface area contributed by atoms with Gasteiger partial charge in [0.05, 0.1) is 5.69 Å². The number of nitrogens with one attached hydrogen (secondary N) is 2. The second-order valence-corrected chi connectivity index (χ2v) is 6.00. The standard InChI is InChI=1S/C13H18BrN3/c14-10-6-11-13(16-7-10)17-12(8-15-11)9-4-2-1-3-5-9/h6-7,9,12,15H,1-5,8H2,(H,16,17). The summed E-state index contributed by atoms with van der Waals surface area (Å²) >= 11 is 3.45. The maximum absolute atomic E-state index is 4.44. The number of nitrogens with zero attached hydrogens (tertiary/aromatic N) is 1. The van der Waals surface area contributed by atoms with Crippen molar-refractivity contribution in [3.05, 3.63) is 16.7 Å². The Morgan fingerprint density at radius 3 is 2.88 bits per heavy atom. The molecule has 1 saturated carbocycles. The van der Waals surface area contributed by atoms with Gasteiger partial charge in [-0.2, -0.15) is 0 Å². The molecule has 3 rings (SSSR count). The zero-order valence-corrected chi connectivity index (χ0v) is 11.5. The minimum Gasteiger partial charge on any atom is -0.380 e. The van der Waals surface area contributed by atoms with Gasteiger partial charge in [-0.3, -0.25) is 0 Å². The van der Waals surface area contributed by atoms with Crippen LogP contribution in [-0.2, 0) is 0 Å². The maximum Gasteiger partial charge on any atom is 0.149 e. The van der Waals surface area contributed by atoms with E-state index in [9.17, 15) is 0 Å². The van der Waals surface area contributed by atoms with Crippen LogP contribution in [0.3, 0.4) is 0 Å². The SMILES string of the molecule is Brc1cnc2c(c1)NCC(C1CCCCC1)N2. The Labute approximate surface area is 111 Å². The van der Waals surface area contributed by atoms with Gasteiger partial charge in [0.25, 0.3) is 0 Å². The van der Waals surface area contributed by atoms with Crippen molar-refractivity contribution >= 4 is 27.4 Å². The molecule has 1 aromatic rings. The normalized spacial score (nSPS) is 24.6. The molecule has 92 valence electrons. The fourth-order valence-electron chi connectivity index (χ4n) is 2.96. The number of hydrogen-bond donors (Lipinski definition) is 2. The van der Waals surface area contributed by atoms with Crippen molar-refractivity contribution in [1.29, 1.82) is 0 Å². The third-order valence-corrected chi connectivity index (χ3v) is 4.34. The topological polar surface area (TPSA) is 37.0 Å². The third-order valence-electron chi connectivity index (χ3n) is 3.91. The van der Waals surface area contributed by atoms with Crippen molar-refractivity contribution in [2.24, 2.45) is 5.92 Å². The molecule has 0 saturated heterocycles. The summed E-state index contributed by atoms with van der Waals surface area (Å²) in [6, 6.07) is 2.64. The summed E-state index contributed by atoms with van der Waals surface area (Å²) in [5.41, 5.74) is 1.12. The van der Waals surface area contributed by atoms with Crippen molar-refractivity contribution in [3.8, 4) is 0 Å². The zero-order valence-electron chi connectivity index (χ0n) is 9.88. The number of hydrogen-bond acceptors (Lipinski definition) is 3. The van der Waals surface area contributed by atoms with Crippen LogP contribution in [0.5, 0.6) is 0 Å². The predicted octanol–water partition coefficient (Wildman–Crippen LogP) is 3.63. The average molecular weight is 296 g/mol. The molecular weight excluding hydrogens is 278 g/mol. The van der Waals surface area contributed by atoms with E-state index in [1.165, 1.54) is 32.1 Å². The van der Waals surface area contributed by atoms with Crippen molar-refractivity contribution in [1.82, 2.24) is 4.98 Å². The van der Waals surface area contributed by atoms with Crippen LogP contribution in [-0.4, -0.2) is 17.6 Å². The molecule has 1 aliphatic heterocycles. The van der Waals surface area contributed by atoms with Gasteiger partial charge < -0.3 is 10.6 Å². The van der Waals surface area contributed by atoms with Crippen molar-refractivity contribution in [3.63, 3.8) is 0 Å². The molecule has 0 bridgehead atoms. The molecule has 2 heterocycles. The number of pyridine rings is 1. The molecule has 1 unspecified atom stereocenters. The smallest absolute Gasteiger partial charge is 0.149 e. The van der Waals surface area contributed by atoms with Crippen LogP contribution >= 0.6 is 15.9 Å². The van der Waals surface area contributed by atoms with Gasteiger partial charge in [0, 0.05) is 23.3 Å².